The summed E-state index contributed by atoms with van der Waals surface area (Å²) in [5.74, 6) is 0. The zero-order valence-corrected chi connectivity index (χ0v) is 15.8. The lowest BCUT2D eigenvalue weighted by Gasteiger charge is -2.40. The predicted molar refractivity (Wildman–Crippen MR) is 89.0 cm³/mol. The lowest BCUT2D eigenvalue weighted by molar-refractivity contribution is 0.214. The molecule has 0 aromatic carbocycles. The van der Waals surface area contributed by atoms with Crippen LogP contribution >= 0.6 is 0 Å². The van der Waals surface area contributed by atoms with Gasteiger partial charge in [-0.3, -0.25) is 4.21 Å². The van der Waals surface area contributed by atoms with Crippen molar-refractivity contribution in [2.24, 2.45) is 17.6 Å². The number of alkyl halides is 2. The van der Waals surface area contributed by atoms with Crippen molar-refractivity contribution in [3.8, 4) is 0 Å². The van der Waals surface area contributed by atoms with Crippen LogP contribution in [0.3, 0.4) is 0 Å². The monoisotopic (exact) mass is 368 g/mol. The second kappa shape index (κ2) is 6.47. The molecule has 1 rings (SSSR count). The number of aliphatic hydroxyl groups is 1. The molecule has 0 amide bonds. The van der Waals surface area contributed by atoms with Crippen molar-refractivity contribution in [3.63, 3.8) is 0 Å². The van der Waals surface area contributed by atoms with Crippen molar-refractivity contribution in [2.45, 2.75) is 58.2 Å². The number of nitrogens with zero attached hydrogens (tertiary/aromatic N) is 4. The molecule has 1 heterocycles. The smallest absolute Gasteiger partial charge is 0.213 e. The molecule has 0 spiro atoms. The zero-order valence-electron chi connectivity index (χ0n) is 14.9. The van der Waals surface area contributed by atoms with Crippen molar-refractivity contribution in [2.75, 3.05) is 0 Å². The van der Waals surface area contributed by atoms with Gasteiger partial charge in [-0.1, -0.05) is 25.9 Å². The summed E-state index contributed by atoms with van der Waals surface area (Å²) in [5.41, 5.74) is -3.05. The summed E-state index contributed by atoms with van der Waals surface area (Å²) in [6.45, 7) is 7.91. The van der Waals surface area contributed by atoms with E-state index in [1.807, 2.05) is 0 Å². The van der Waals surface area contributed by atoms with E-state index in [1.54, 1.807) is 0 Å². The number of aryl methyl sites for hydroxylation is 2. The van der Waals surface area contributed by atoms with E-state index in [0.29, 0.717) is 0 Å². The Morgan fingerprint density at radius 2 is 1.83 bits per heavy atom. The molecule has 3 atom stereocenters. The Labute approximate surface area is 141 Å². The number of hydrogen-bond donors (Lipinski definition) is 3. The summed E-state index contributed by atoms with van der Waals surface area (Å²) in [7, 11) is -3.14. The molecule has 2 N–H and O–H groups in total. The number of oxime groups is 1. The van der Waals surface area contributed by atoms with Gasteiger partial charge in [0, 0.05) is 17.0 Å². The molecule has 0 saturated carbocycles. The van der Waals surface area contributed by atoms with Gasteiger partial charge in [0.1, 0.15) is 11.1 Å². The van der Waals surface area contributed by atoms with E-state index >= 15 is 4.39 Å². The summed E-state index contributed by atoms with van der Waals surface area (Å²) in [4.78, 5) is 1.08. The van der Waals surface area contributed by atoms with Crippen molar-refractivity contribution in [1.29, 1.82) is 0 Å². The van der Waals surface area contributed by atoms with E-state index in [1.165, 1.54) is 34.7 Å². The van der Waals surface area contributed by atoms with E-state index in [2.05, 4.69) is 15.4 Å². The van der Waals surface area contributed by atoms with Crippen LogP contribution in [0.25, 0.3) is 0 Å². The van der Waals surface area contributed by atoms with Crippen LogP contribution < -0.4 is 0 Å². The molecule has 1 aromatic heterocycles. The standard InChI is InChI=1S/C14H26F2N4O3S/c1-8-11(18-20(7)17-8)14(6,16)24(23,9(2)21)12(19-22)10(15)13(3,4)5/h9-10,21-22,24H,1-7H3/b19-12+. The van der Waals surface area contributed by atoms with Crippen LogP contribution in [0.5, 0.6) is 0 Å². The Hall–Kier alpha value is -1.42. The first-order chi connectivity index (χ1) is 10.7. The highest BCUT2D eigenvalue weighted by molar-refractivity contribution is 8.17. The number of aromatic nitrogens is 3. The normalized spacial score (nSPS) is 19.7. The number of aliphatic hydroxyl groups excluding tert-OH is 1. The highest BCUT2D eigenvalue weighted by Gasteiger charge is 2.54. The van der Waals surface area contributed by atoms with Gasteiger partial charge in [0.05, 0.1) is 5.69 Å². The van der Waals surface area contributed by atoms with Crippen LogP contribution in [0.2, 0.25) is 0 Å². The molecule has 0 aliphatic carbocycles. The van der Waals surface area contributed by atoms with Crippen molar-refractivity contribution in [3.05, 3.63) is 11.4 Å². The van der Waals surface area contributed by atoms with Crippen molar-refractivity contribution >= 4 is 15.0 Å². The minimum absolute atomic E-state index is 0.145. The maximum Gasteiger partial charge on any atom is 0.213 e. The third-order valence-electron chi connectivity index (χ3n) is 3.89. The maximum atomic E-state index is 15.7. The molecule has 0 radical (unpaired) electrons. The van der Waals surface area contributed by atoms with Gasteiger partial charge in [-0.2, -0.15) is 15.0 Å². The van der Waals surface area contributed by atoms with E-state index in [0.717, 1.165) is 18.6 Å². The molecule has 0 fully saturated rings. The number of thiol groups is 1. The molecule has 0 aliphatic heterocycles. The van der Waals surface area contributed by atoms with Gasteiger partial charge in [-0.05, 0) is 26.2 Å². The summed E-state index contributed by atoms with van der Waals surface area (Å²) in [6, 6.07) is 0. The molecule has 7 nitrogen and oxygen atoms in total. The number of halogens is 2. The fourth-order valence-electron chi connectivity index (χ4n) is 2.51. The first kappa shape index (κ1) is 20.6. The molecule has 0 saturated heterocycles. The third kappa shape index (κ3) is 3.21. The first-order valence-corrected chi connectivity index (χ1v) is 9.20. The van der Waals surface area contributed by atoms with Gasteiger partial charge in [-0.15, -0.1) is 0 Å². The summed E-state index contributed by atoms with van der Waals surface area (Å²) >= 11 is 0. The largest absolute Gasteiger partial charge is 0.410 e. The van der Waals surface area contributed by atoms with Gasteiger partial charge in [0.2, 0.25) is 5.00 Å². The van der Waals surface area contributed by atoms with E-state index in [9.17, 15) is 18.9 Å². The molecular weight excluding hydrogens is 342 g/mol. The number of rotatable bonds is 4. The SMILES string of the molecule is Cc1nn(C)nc1C(C)(F)[SH](=O)(/C(=N/O)C(F)C(C)(C)C)C(C)O. The third-order valence-corrected chi connectivity index (χ3v) is 7.40. The molecule has 0 aliphatic rings. The second-order valence-corrected chi connectivity index (χ2v) is 10.4. The highest BCUT2D eigenvalue weighted by Crippen LogP contribution is 2.43. The fourth-order valence-corrected chi connectivity index (χ4v) is 5.41. The van der Waals surface area contributed by atoms with E-state index in [4.69, 9.17) is 0 Å². The van der Waals surface area contributed by atoms with E-state index < -0.39 is 37.0 Å². The Bertz CT molecular complexity index is 680. The van der Waals surface area contributed by atoms with Gasteiger partial charge in [0.25, 0.3) is 0 Å². The highest BCUT2D eigenvalue weighted by atomic mass is 32.2. The Morgan fingerprint density at radius 1 is 1.33 bits per heavy atom. The summed E-state index contributed by atoms with van der Waals surface area (Å²) in [6.07, 6.45) is -2.03. The molecule has 0 bridgehead atoms. The first-order valence-electron chi connectivity index (χ1n) is 7.43. The van der Waals surface area contributed by atoms with Gasteiger partial charge >= 0.3 is 0 Å². The lowest BCUT2D eigenvalue weighted by atomic mass is 9.91. The Kier molecular flexibility index (Phi) is 5.56. The lowest BCUT2D eigenvalue weighted by Crippen LogP contribution is -2.53. The van der Waals surface area contributed by atoms with Crippen LogP contribution in [0.4, 0.5) is 8.78 Å². The van der Waals surface area contributed by atoms with Gasteiger partial charge in [0.15, 0.2) is 11.2 Å². The van der Waals surface area contributed by atoms with E-state index in [-0.39, 0.29) is 11.4 Å². The maximum absolute atomic E-state index is 15.7. The van der Waals surface area contributed by atoms with Gasteiger partial charge < -0.3 is 10.3 Å². The Morgan fingerprint density at radius 3 is 2.12 bits per heavy atom. The topological polar surface area (TPSA) is 101 Å². The quantitative estimate of drug-likeness (QED) is 0.247. The second-order valence-electron chi connectivity index (χ2n) is 7.05. The molecule has 1 aromatic rings. The van der Waals surface area contributed by atoms with Crippen LogP contribution in [0.15, 0.2) is 5.16 Å². The minimum Gasteiger partial charge on any atom is -0.410 e. The molecule has 24 heavy (non-hydrogen) atoms. The average Bonchev–Trinajstić information content (AvgIpc) is 2.77. The van der Waals surface area contributed by atoms with Crippen LogP contribution in [0.1, 0.15) is 46.0 Å². The minimum atomic E-state index is -4.59. The van der Waals surface area contributed by atoms with Gasteiger partial charge in [-0.25, -0.2) is 8.78 Å². The molecule has 10 heteroatoms. The average molecular weight is 368 g/mol. The summed E-state index contributed by atoms with van der Waals surface area (Å²) < 4.78 is 44.0. The summed E-state index contributed by atoms with van der Waals surface area (Å²) in [5, 5.41) is 26.2. The fraction of sp³-hybridized carbons (Fsp3) is 0.786. The number of hydrogen-bond acceptors (Lipinski definition) is 6. The Balaban J connectivity index is 3.66. The van der Waals surface area contributed by atoms with Crippen molar-refractivity contribution in [1.82, 2.24) is 15.0 Å². The zero-order chi connectivity index (χ0) is 19.1. The molecule has 140 valence electrons. The molecular formula is C14H26F2N4O3S. The van der Waals surface area contributed by atoms with Crippen LogP contribution in [0, 0.1) is 12.3 Å². The van der Waals surface area contributed by atoms with Crippen molar-refractivity contribution < 1.29 is 23.3 Å². The molecule has 3 unspecified atom stereocenters. The predicted octanol–water partition coefficient (Wildman–Crippen LogP) is 1.79. The van der Waals surface area contributed by atoms with Crippen LogP contribution in [-0.2, 0) is 22.0 Å². The van der Waals surface area contributed by atoms with Crippen LogP contribution in [-0.4, -0.2) is 46.2 Å².